The minimum atomic E-state index is -0.221. The summed E-state index contributed by atoms with van der Waals surface area (Å²) < 4.78 is 0.820. The van der Waals surface area contributed by atoms with Crippen molar-refractivity contribution in [1.29, 1.82) is 0 Å². The van der Waals surface area contributed by atoms with E-state index in [4.69, 9.17) is 0 Å². The van der Waals surface area contributed by atoms with Crippen molar-refractivity contribution in [3.63, 3.8) is 0 Å². The van der Waals surface area contributed by atoms with Gasteiger partial charge in [-0.1, -0.05) is 13.3 Å². The van der Waals surface area contributed by atoms with Crippen LogP contribution in [0.25, 0.3) is 0 Å². The monoisotopic (exact) mass is 339 g/mol. The summed E-state index contributed by atoms with van der Waals surface area (Å²) in [6.45, 7) is 5.96. The summed E-state index contributed by atoms with van der Waals surface area (Å²) in [5.74, 6) is 0.143. The average Bonchev–Trinajstić information content (AvgIpc) is 2.44. The molecule has 20 heavy (non-hydrogen) atoms. The molecule has 0 aliphatic carbocycles. The van der Waals surface area contributed by atoms with Crippen molar-refractivity contribution in [1.82, 2.24) is 10.3 Å². The number of aryl methyl sites for hydroxylation is 1. The van der Waals surface area contributed by atoms with Gasteiger partial charge in [-0.2, -0.15) is 0 Å². The van der Waals surface area contributed by atoms with Crippen molar-refractivity contribution >= 4 is 27.5 Å². The zero-order valence-corrected chi connectivity index (χ0v) is 13.7. The van der Waals surface area contributed by atoms with Gasteiger partial charge in [0, 0.05) is 0 Å². The Labute approximate surface area is 128 Å². The maximum atomic E-state index is 12.7. The predicted molar refractivity (Wildman–Crippen MR) is 84.7 cm³/mol. The van der Waals surface area contributed by atoms with Crippen LogP contribution in [0, 0.1) is 12.3 Å². The second-order valence-corrected chi connectivity index (χ2v) is 6.32. The number of anilines is 1. The van der Waals surface area contributed by atoms with Gasteiger partial charge in [0.05, 0.1) is 17.3 Å². The van der Waals surface area contributed by atoms with Crippen LogP contribution in [0.3, 0.4) is 0 Å². The number of nitrogens with one attached hydrogen (secondary N) is 2. The largest absolute Gasteiger partial charge is 0.324 e. The van der Waals surface area contributed by atoms with Gasteiger partial charge in [0.25, 0.3) is 0 Å². The molecule has 1 aliphatic rings. The summed E-state index contributed by atoms with van der Waals surface area (Å²) in [5, 5.41) is 6.39. The second kappa shape index (κ2) is 6.68. The molecule has 0 saturated carbocycles. The van der Waals surface area contributed by atoms with Crippen molar-refractivity contribution in [2.24, 2.45) is 5.41 Å². The molecule has 5 heteroatoms. The minimum absolute atomic E-state index is 0.143. The van der Waals surface area contributed by atoms with Crippen molar-refractivity contribution < 1.29 is 4.79 Å². The number of piperidine rings is 1. The van der Waals surface area contributed by atoms with Crippen molar-refractivity contribution in [2.75, 3.05) is 18.4 Å². The summed E-state index contributed by atoms with van der Waals surface area (Å²) in [4.78, 5) is 16.9. The van der Waals surface area contributed by atoms with Crippen LogP contribution in [0.2, 0.25) is 0 Å². The molecule has 1 fully saturated rings. The van der Waals surface area contributed by atoms with Crippen molar-refractivity contribution in [3.05, 3.63) is 22.4 Å². The smallest absolute Gasteiger partial charge is 0.230 e. The van der Waals surface area contributed by atoms with Gasteiger partial charge in [-0.3, -0.25) is 4.79 Å². The highest BCUT2D eigenvalue weighted by Crippen LogP contribution is 2.35. The lowest BCUT2D eigenvalue weighted by atomic mass is 9.74. The number of amides is 1. The Balaban J connectivity index is 2.13. The lowest BCUT2D eigenvalue weighted by molar-refractivity contribution is -0.127. The van der Waals surface area contributed by atoms with E-state index < -0.39 is 0 Å². The third-order valence-corrected chi connectivity index (χ3v) is 4.87. The van der Waals surface area contributed by atoms with E-state index in [9.17, 15) is 4.79 Å². The van der Waals surface area contributed by atoms with E-state index in [1.807, 2.05) is 13.0 Å². The Morgan fingerprint density at radius 2 is 2.20 bits per heavy atom. The van der Waals surface area contributed by atoms with E-state index in [2.05, 4.69) is 38.5 Å². The fourth-order valence-corrected chi connectivity index (χ4v) is 3.08. The zero-order chi connectivity index (χ0) is 14.6. The lowest BCUT2D eigenvalue weighted by Gasteiger charge is -2.36. The summed E-state index contributed by atoms with van der Waals surface area (Å²) >= 11 is 3.38. The van der Waals surface area contributed by atoms with Gasteiger partial charge in [-0.15, -0.1) is 0 Å². The van der Waals surface area contributed by atoms with Crippen LogP contribution in [0.1, 0.15) is 38.2 Å². The molecule has 0 unspecified atom stereocenters. The minimum Gasteiger partial charge on any atom is -0.324 e. The number of carbonyl (C=O) groups excluding carboxylic acids is 1. The van der Waals surface area contributed by atoms with Gasteiger partial charge in [-0.05, 0) is 66.8 Å². The van der Waals surface area contributed by atoms with Gasteiger partial charge in [0.2, 0.25) is 5.91 Å². The topological polar surface area (TPSA) is 54.0 Å². The second-order valence-electron chi connectivity index (χ2n) is 5.57. The molecule has 0 atom stereocenters. The molecular formula is C15H22BrN3O. The first kappa shape index (κ1) is 15.4. The first-order valence-electron chi connectivity index (χ1n) is 7.22. The molecule has 1 aliphatic heterocycles. The molecule has 2 rings (SSSR count). The number of aromatic nitrogens is 1. The molecule has 110 valence electrons. The number of rotatable bonds is 4. The molecule has 2 N–H and O–H groups in total. The third-order valence-electron chi connectivity index (χ3n) is 4.04. The quantitative estimate of drug-likeness (QED) is 0.828. The van der Waals surface area contributed by atoms with Crippen LogP contribution in [0.15, 0.2) is 16.9 Å². The zero-order valence-electron chi connectivity index (χ0n) is 12.1. The Bertz CT molecular complexity index is 478. The SMILES string of the molecule is CCCC1(C(=O)Nc2cnc(Br)c(C)c2)CCNCC1. The van der Waals surface area contributed by atoms with Gasteiger partial charge >= 0.3 is 0 Å². The average molecular weight is 340 g/mol. The van der Waals surface area contributed by atoms with E-state index in [0.717, 1.165) is 54.6 Å². The summed E-state index contributed by atoms with van der Waals surface area (Å²) in [6.07, 6.45) is 5.51. The first-order valence-corrected chi connectivity index (χ1v) is 8.01. The maximum absolute atomic E-state index is 12.7. The molecule has 2 heterocycles. The van der Waals surface area contributed by atoms with Crippen molar-refractivity contribution in [3.8, 4) is 0 Å². The molecule has 1 saturated heterocycles. The van der Waals surface area contributed by atoms with Gasteiger partial charge in [0.1, 0.15) is 4.60 Å². The van der Waals surface area contributed by atoms with Crippen LogP contribution >= 0.6 is 15.9 Å². The van der Waals surface area contributed by atoms with Gasteiger partial charge in [0.15, 0.2) is 0 Å². The van der Waals surface area contributed by atoms with E-state index in [0.29, 0.717) is 0 Å². The van der Waals surface area contributed by atoms with E-state index >= 15 is 0 Å². The van der Waals surface area contributed by atoms with E-state index in [1.54, 1.807) is 6.20 Å². The molecule has 0 bridgehead atoms. The fraction of sp³-hybridized carbons (Fsp3) is 0.600. The molecule has 0 aromatic carbocycles. The van der Waals surface area contributed by atoms with Crippen LogP contribution in [-0.2, 0) is 4.79 Å². The molecule has 4 nitrogen and oxygen atoms in total. The van der Waals surface area contributed by atoms with Crippen LogP contribution in [0.5, 0.6) is 0 Å². The molecule has 1 aromatic rings. The summed E-state index contributed by atoms with van der Waals surface area (Å²) in [7, 11) is 0. The fourth-order valence-electron chi connectivity index (χ4n) is 2.86. The highest BCUT2D eigenvalue weighted by atomic mass is 79.9. The Morgan fingerprint density at radius 3 is 2.80 bits per heavy atom. The van der Waals surface area contributed by atoms with Crippen LogP contribution in [0.4, 0.5) is 5.69 Å². The van der Waals surface area contributed by atoms with Gasteiger partial charge in [-0.25, -0.2) is 4.98 Å². The van der Waals surface area contributed by atoms with E-state index in [-0.39, 0.29) is 11.3 Å². The molecule has 0 spiro atoms. The Kier molecular flexibility index (Phi) is 5.16. The Hall–Kier alpha value is -0.940. The highest BCUT2D eigenvalue weighted by molar-refractivity contribution is 9.10. The lowest BCUT2D eigenvalue weighted by Crippen LogP contribution is -2.44. The Morgan fingerprint density at radius 1 is 1.50 bits per heavy atom. The first-order chi connectivity index (χ1) is 9.57. The standard InChI is InChI=1S/C15H22BrN3O/c1-3-4-15(5-7-17-8-6-15)14(20)19-12-9-11(2)13(16)18-10-12/h9-10,17H,3-8H2,1-2H3,(H,19,20). The van der Waals surface area contributed by atoms with Crippen LogP contribution < -0.4 is 10.6 Å². The highest BCUT2D eigenvalue weighted by Gasteiger charge is 2.38. The predicted octanol–water partition coefficient (Wildman–Crippen LogP) is 3.26. The summed E-state index contributed by atoms with van der Waals surface area (Å²) in [6, 6.07) is 1.95. The molecule has 1 aromatic heterocycles. The number of hydrogen-bond donors (Lipinski definition) is 2. The molecular weight excluding hydrogens is 318 g/mol. The summed E-state index contributed by atoms with van der Waals surface area (Å²) in [5.41, 5.74) is 1.59. The number of carbonyl (C=O) groups is 1. The van der Waals surface area contributed by atoms with Crippen LogP contribution in [-0.4, -0.2) is 24.0 Å². The molecule has 1 amide bonds. The number of halogens is 1. The van der Waals surface area contributed by atoms with E-state index in [1.165, 1.54) is 0 Å². The number of pyridine rings is 1. The number of nitrogens with zero attached hydrogens (tertiary/aromatic N) is 1. The normalized spacial score (nSPS) is 17.8. The third kappa shape index (κ3) is 3.38. The maximum Gasteiger partial charge on any atom is 0.230 e. The number of hydrogen-bond acceptors (Lipinski definition) is 3. The van der Waals surface area contributed by atoms with Crippen molar-refractivity contribution in [2.45, 2.75) is 39.5 Å². The van der Waals surface area contributed by atoms with Gasteiger partial charge < -0.3 is 10.6 Å². The molecule has 0 radical (unpaired) electrons.